The molecule has 0 aliphatic heterocycles. The summed E-state index contributed by atoms with van der Waals surface area (Å²) in [4.78, 5) is 11.8. The lowest BCUT2D eigenvalue weighted by Gasteiger charge is -2.32. The topological polar surface area (TPSA) is 84.2 Å². The van der Waals surface area contributed by atoms with E-state index in [0.29, 0.717) is 5.39 Å². The van der Waals surface area contributed by atoms with Crippen LogP contribution in [0.3, 0.4) is 0 Å². The number of nitriles is 1. The Morgan fingerprint density at radius 1 is 0.839 bits per heavy atom. The lowest BCUT2D eigenvalue weighted by atomic mass is 10.0. The molecule has 0 amide bonds. The number of benzene rings is 2. The first-order valence-electron chi connectivity index (χ1n) is 7.51. The van der Waals surface area contributed by atoms with Crippen molar-refractivity contribution in [1.29, 1.82) is 5.26 Å². The first-order chi connectivity index (χ1) is 13.9. The normalized spacial score (nSPS) is 13.7. The first kappa shape index (κ1) is 24.3. The Bertz CT molecular complexity index is 1180. The van der Waals surface area contributed by atoms with E-state index in [2.05, 4.69) is 4.18 Å². The molecule has 0 bridgehead atoms. The lowest BCUT2D eigenvalue weighted by Crippen LogP contribution is -2.63. The van der Waals surface area contributed by atoms with E-state index in [4.69, 9.17) is 5.26 Å². The molecule has 2 aromatic rings. The summed E-state index contributed by atoms with van der Waals surface area (Å²) in [5, 5.41) is 2.03. The average Bonchev–Trinajstić information content (AvgIpc) is 2.65. The van der Waals surface area contributed by atoms with E-state index in [9.17, 15) is 52.7 Å². The maximum absolute atomic E-state index is 13.6. The van der Waals surface area contributed by atoms with Crippen molar-refractivity contribution in [2.24, 2.45) is 0 Å². The van der Waals surface area contributed by atoms with Crippen LogP contribution >= 0.6 is 0 Å². The predicted octanol–water partition coefficient (Wildman–Crippen LogP) is 4.62. The molecule has 2 aromatic carbocycles. The molecule has 0 heterocycles. The monoisotopic (exact) mass is 479 g/mol. The molecule has 5 nitrogen and oxygen atoms in total. The van der Waals surface area contributed by atoms with Crippen molar-refractivity contribution >= 4 is 26.9 Å². The van der Waals surface area contributed by atoms with Crippen LogP contribution in [-0.2, 0) is 14.3 Å². The molecule has 0 aliphatic carbocycles. The highest BCUT2D eigenvalue weighted by Gasteiger charge is 2.86. The number of nitrogens with zero attached hydrogens (tertiary/aromatic N) is 1. The number of alkyl halides is 9. The van der Waals surface area contributed by atoms with Gasteiger partial charge in [-0.05, 0) is 35.0 Å². The van der Waals surface area contributed by atoms with E-state index in [1.54, 1.807) is 6.07 Å². The summed E-state index contributed by atoms with van der Waals surface area (Å²) in [5.41, 5.74) is -0.680. The zero-order valence-corrected chi connectivity index (χ0v) is 15.2. The summed E-state index contributed by atoms with van der Waals surface area (Å²) in [6.45, 7) is 0. The minimum atomic E-state index is -7.52. The first-order valence-corrected chi connectivity index (χ1v) is 8.92. The number of fused-ring (bicyclic) bond motifs is 1. The van der Waals surface area contributed by atoms with E-state index < -0.39 is 44.9 Å². The van der Waals surface area contributed by atoms with Crippen LogP contribution in [0.25, 0.3) is 10.8 Å². The van der Waals surface area contributed by atoms with Gasteiger partial charge in [0.15, 0.2) is 0 Å². The van der Waals surface area contributed by atoms with Crippen molar-refractivity contribution in [2.45, 2.75) is 23.3 Å². The van der Waals surface area contributed by atoms with Crippen molar-refractivity contribution < 1.29 is 56.9 Å². The summed E-state index contributed by atoms with van der Waals surface area (Å²) < 4.78 is 142. The second-order valence-electron chi connectivity index (χ2n) is 5.88. The number of halogens is 9. The van der Waals surface area contributed by atoms with Crippen molar-refractivity contribution in [3.8, 4) is 6.07 Å². The van der Waals surface area contributed by atoms with Gasteiger partial charge < -0.3 is 4.18 Å². The average molecular weight is 479 g/mol. The largest absolute Gasteiger partial charge is 0.460 e. The SMILES string of the molecule is N#Cc1ccc2cc(C(=O)OS(=O)(=O)C(F)(F)C(F)(F)C(F)(F)C(F)(F)F)ccc2c1. The minimum absolute atomic E-state index is 0.117. The Kier molecular flexibility index (Phi) is 5.70. The van der Waals surface area contributed by atoms with Crippen LogP contribution in [0.4, 0.5) is 39.5 Å². The van der Waals surface area contributed by atoms with Gasteiger partial charge in [0.1, 0.15) is 0 Å². The second-order valence-corrected chi connectivity index (χ2v) is 7.46. The Morgan fingerprint density at radius 3 is 1.87 bits per heavy atom. The van der Waals surface area contributed by atoms with Gasteiger partial charge in [-0.1, -0.05) is 12.1 Å². The van der Waals surface area contributed by atoms with Gasteiger partial charge in [-0.3, -0.25) is 0 Å². The molecule has 0 aromatic heterocycles. The molecular weight excluding hydrogens is 473 g/mol. The smallest absolute Gasteiger partial charge is 0.337 e. The summed E-state index contributed by atoms with van der Waals surface area (Å²) in [7, 11) is -7.33. The van der Waals surface area contributed by atoms with Crippen LogP contribution in [0.2, 0.25) is 0 Å². The summed E-state index contributed by atoms with van der Waals surface area (Å²) in [6.07, 6.45) is -7.25. The lowest BCUT2D eigenvalue weighted by molar-refractivity contribution is -0.382. The molecule has 0 aliphatic rings. The van der Waals surface area contributed by atoms with E-state index >= 15 is 0 Å². The molecule has 0 N–H and O–H groups in total. The highest BCUT2D eigenvalue weighted by atomic mass is 32.2. The van der Waals surface area contributed by atoms with E-state index in [1.165, 1.54) is 18.2 Å². The predicted molar refractivity (Wildman–Crippen MR) is 83.9 cm³/mol. The molecule has 0 spiro atoms. The fourth-order valence-electron chi connectivity index (χ4n) is 2.16. The zero-order chi connectivity index (χ0) is 24.0. The molecular formula is C16H6F9NO4S. The Hall–Kier alpha value is -3.02. The van der Waals surface area contributed by atoms with Gasteiger partial charge in [-0.2, -0.15) is 53.2 Å². The third kappa shape index (κ3) is 3.87. The molecule has 168 valence electrons. The summed E-state index contributed by atoms with van der Waals surface area (Å²) >= 11 is 0. The molecule has 15 heteroatoms. The number of carbonyl (C=O) groups excluding carboxylic acids is 1. The molecule has 0 fully saturated rings. The fraction of sp³-hybridized carbons (Fsp3) is 0.250. The van der Waals surface area contributed by atoms with Crippen molar-refractivity contribution in [3.63, 3.8) is 0 Å². The standard InChI is InChI=1S/C16H6F9NO4S/c17-13(18,15(21,22)23)14(19,20)16(24,25)31(28,29)30-12(27)11-4-3-9-5-8(7-26)1-2-10(9)6-11/h1-6H. The number of hydrogen-bond acceptors (Lipinski definition) is 5. The molecule has 0 saturated heterocycles. The summed E-state index contributed by atoms with van der Waals surface area (Å²) in [5.74, 6) is -17.3. The van der Waals surface area contributed by atoms with E-state index in [1.807, 2.05) is 0 Å². The number of hydrogen-bond donors (Lipinski definition) is 0. The third-order valence-corrected chi connectivity index (χ3v) is 5.08. The third-order valence-electron chi connectivity index (χ3n) is 3.82. The van der Waals surface area contributed by atoms with Crippen LogP contribution in [0.5, 0.6) is 0 Å². The Balaban J connectivity index is 2.41. The molecule has 0 radical (unpaired) electrons. The van der Waals surface area contributed by atoms with Crippen molar-refractivity contribution in [3.05, 3.63) is 47.5 Å². The van der Waals surface area contributed by atoms with E-state index in [-0.39, 0.29) is 10.9 Å². The van der Waals surface area contributed by atoms with Gasteiger partial charge in [-0.25, -0.2) is 4.79 Å². The highest BCUT2D eigenvalue weighted by molar-refractivity contribution is 7.88. The molecule has 31 heavy (non-hydrogen) atoms. The Morgan fingerprint density at radius 2 is 1.35 bits per heavy atom. The van der Waals surface area contributed by atoms with Gasteiger partial charge in [0, 0.05) is 0 Å². The molecule has 0 unspecified atom stereocenters. The summed E-state index contributed by atoms with van der Waals surface area (Å²) in [6, 6.07) is 8.18. The number of carbonyl (C=O) groups is 1. The molecule has 0 atom stereocenters. The Labute approximate surface area is 166 Å². The van der Waals surface area contributed by atoms with Gasteiger partial charge >= 0.3 is 39.4 Å². The van der Waals surface area contributed by atoms with Crippen LogP contribution in [0, 0.1) is 11.3 Å². The number of rotatable bonds is 5. The fourth-order valence-corrected chi connectivity index (χ4v) is 3.00. The quantitative estimate of drug-likeness (QED) is 0.462. The maximum atomic E-state index is 13.6. The highest BCUT2D eigenvalue weighted by Crippen LogP contribution is 2.55. The minimum Gasteiger partial charge on any atom is -0.337 e. The molecule has 2 rings (SSSR count). The van der Waals surface area contributed by atoms with Crippen LogP contribution in [0.15, 0.2) is 36.4 Å². The van der Waals surface area contributed by atoms with Crippen molar-refractivity contribution in [2.75, 3.05) is 0 Å². The molecule has 0 saturated carbocycles. The van der Waals surface area contributed by atoms with Gasteiger partial charge in [0.25, 0.3) is 0 Å². The van der Waals surface area contributed by atoms with Crippen LogP contribution in [-0.4, -0.2) is 37.7 Å². The maximum Gasteiger partial charge on any atom is 0.460 e. The zero-order valence-electron chi connectivity index (χ0n) is 14.4. The van der Waals surface area contributed by atoms with Crippen molar-refractivity contribution in [1.82, 2.24) is 0 Å². The van der Waals surface area contributed by atoms with E-state index in [0.717, 1.165) is 18.2 Å². The van der Waals surface area contributed by atoms with Crippen LogP contribution < -0.4 is 0 Å². The second kappa shape index (κ2) is 7.29. The van der Waals surface area contributed by atoms with Crippen LogP contribution in [0.1, 0.15) is 15.9 Å². The van der Waals surface area contributed by atoms with Gasteiger partial charge in [-0.15, -0.1) is 0 Å². The van der Waals surface area contributed by atoms with Gasteiger partial charge in [0.05, 0.1) is 17.2 Å². The van der Waals surface area contributed by atoms with Gasteiger partial charge in [0.2, 0.25) is 0 Å².